The molecule has 1 aromatic carbocycles. The zero-order chi connectivity index (χ0) is 11.7. The third kappa shape index (κ3) is 2.45. The lowest BCUT2D eigenvalue weighted by atomic mass is 9.76. The molecule has 0 amide bonds. The zero-order valence-corrected chi connectivity index (χ0v) is 9.87. The van der Waals surface area contributed by atoms with Crippen molar-refractivity contribution < 1.29 is 4.79 Å². The van der Waals surface area contributed by atoms with E-state index in [-0.39, 0.29) is 5.78 Å². The molecule has 2 heteroatoms. The number of Topliss-reactive ketones (excluding diaryl/α,β-unsaturated/α-hetero) is 1. The number of ketones is 1. The van der Waals surface area contributed by atoms with E-state index in [4.69, 9.17) is 5.73 Å². The minimum absolute atomic E-state index is 0.0567. The Labute approximate surface area is 91.5 Å². The maximum absolute atomic E-state index is 12.2. The maximum Gasteiger partial charge on any atom is 0.162 e. The molecular formula is C13H19NO. The summed E-state index contributed by atoms with van der Waals surface area (Å²) in [6.45, 7) is 7.45. The lowest BCUT2D eigenvalue weighted by molar-refractivity contribution is -0.131. The second-order valence-corrected chi connectivity index (χ2v) is 5.15. The second-order valence-electron chi connectivity index (χ2n) is 5.15. The van der Waals surface area contributed by atoms with Crippen LogP contribution in [-0.4, -0.2) is 5.78 Å². The highest BCUT2D eigenvalue weighted by Gasteiger charge is 2.37. The molecule has 1 atom stereocenters. The Bertz CT molecular complexity index is 347. The summed E-state index contributed by atoms with van der Waals surface area (Å²) in [5, 5.41) is 0. The number of hydrogen-bond acceptors (Lipinski definition) is 2. The molecule has 0 aliphatic heterocycles. The molecule has 2 nitrogen and oxygen atoms in total. The highest BCUT2D eigenvalue weighted by molar-refractivity contribution is 5.93. The van der Waals surface area contributed by atoms with E-state index in [1.807, 2.05) is 51.1 Å². The molecule has 2 N–H and O–H groups in total. The molecule has 0 aliphatic carbocycles. The highest BCUT2D eigenvalue weighted by atomic mass is 16.1. The van der Waals surface area contributed by atoms with Gasteiger partial charge in [-0.15, -0.1) is 0 Å². The molecule has 0 saturated carbocycles. The first-order valence-corrected chi connectivity index (χ1v) is 5.15. The summed E-state index contributed by atoms with van der Waals surface area (Å²) in [5.74, 6) is 0.0567. The highest BCUT2D eigenvalue weighted by Crippen LogP contribution is 2.28. The third-order valence-electron chi connectivity index (χ3n) is 2.53. The van der Waals surface area contributed by atoms with E-state index in [0.29, 0.717) is 0 Å². The monoisotopic (exact) mass is 205 g/mol. The van der Waals surface area contributed by atoms with E-state index in [2.05, 4.69) is 0 Å². The molecule has 1 aromatic rings. The fourth-order valence-corrected chi connectivity index (χ4v) is 1.69. The van der Waals surface area contributed by atoms with Gasteiger partial charge in [-0.25, -0.2) is 0 Å². The van der Waals surface area contributed by atoms with Crippen molar-refractivity contribution in [2.45, 2.75) is 33.2 Å². The van der Waals surface area contributed by atoms with Crippen LogP contribution in [0.1, 0.15) is 33.3 Å². The van der Waals surface area contributed by atoms with Gasteiger partial charge >= 0.3 is 0 Å². The Morgan fingerprint density at radius 3 is 1.93 bits per heavy atom. The number of benzene rings is 1. The Morgan fingerprint density at radius 1 is 1.07 bits per heavy atom. The van der Waals surface area contributed by atoms with Gasteiger partial charge < -0.3 is 5.73 Å². The number of rotatable bonds is 2. The minimum atomic E-state index is -0.903. The van der Waals surface area contributed by atoms with Crippen molar-refractivity contribution >= 4 is 5.78 Å². The first-order valence-electron chi connectivity index (χ1n) is 5.15. The van der Waals surface area contributed by atoms with Crippen LogP contribution in [0.5, 0.6) is 0 Å². The third-order valence-corrected chi connectivity index (χ3v) is 2.53. The molecule has 0 spiro atoms. The van der Waals surface area contributed by atoms with Crippen LogP contribution < -0.4 is 5.73 Å². The van der Waals surface area contributed by atoms with Crippen molar-refractivity contribution in [2.75, 3.05) is 0 Å². The second kappa shape index (κ2) is 3.78. The van der Waals surface area contributed by atoms with Crippen molar-refractivity contribution in [2.24, 2.45) is 11.1 Å². The molecule has 0 saturated heterocycles. The first-order chi connectivity index (χ1) is 6.76. The molecule has 0 aliphatic rings. The van der Waals surface area contributed by atoms with Crippen molar-refractivity contribution in [3.8, 4) is 0 Å². The van der Waals surface area contributed by atoms with Crippen molar-refractivity contribution in [1.29, 1.82) is 0 Å². The van der Waals surface area contributed by atoms with E-state index in [1.165, 1.54) is 0 Å². The molecule has 0 heterocycles. The molecule has 82 valence electrons. The topological polar surface area (TPSA) is 43.1 Å². The van der Waals surface area contributed by atoms with Crippen LogP contribution in [0, 0.1) is 5.41 Å². The fraction of sp³-hybridized carbons (Fsp3) is 0.462. The zero-order valence-electron chi connectivity index (χ0n) is 9.87. The van der Waals surface area contributed by atoms with E-state index in [9.17, 15) is 4.79 Å². The summed E-state index contributed by atoms with van der Waals surface area (Å²) in [6, 6.07) is 9.50. The standard InChI is InChI=1S/C13H19NO/c1-12(2,3)11(15)13(4,14)10-8-6-5-7-9-10/h5-9H,14H2,1-4H3. The molecule has 0 fully saturated rings. The van der Waals surface area contributed by atoms with Gasteiger partial charge in [-0.3, -0.25) is 4.79 Å². The summed E-state index contributed by atoms with van der Waals surface area (Å²) in [6.07, 6.45) is 0. The fourth-order valence-electron chi connectivity index (χ4n) is 1.69. The minimum Gasteiger partial charge on any atom is -0.315 e. The Balaban J connectivity index is 3.09. The van der Waals surface area contributed by atoms with Crippen LogP contribution in [0.4, 0.5) is 0 Å². The van der Waals surface area contributed by atoms with Gasteiger partial charge in [-0.2, -0.15) is 0 Å². The molecule has 0 radical (unpaired) electrons. The van der Waals surface area contributed by atoms with Gasteiger partial charge in [0, 0.05) is 5.41 Å². The van der Waals surface area contributed by atoms with E-state index < -0.39 is 11.0 Å². The normalized spacial score (nSPS) is 15.8. The van der Waals surface area contributed by atoms with Crippen LogP contribution in [0.15, 0.2) is 30.3 Å². The Hall–Kier alpha value is -1.15. The Kier molecular flexibility index (Phi) is 3.00. The molecule has 1 rings (SSSR count). The van der Waals surface area contributed by atoms with Crippen LogP contribution >= 0.6 is 0 Å². The maximum atomic E-state index is 12.2. The van der Waals surface area contributed by atoms with Crippen molar-refractivity contribution in [3.05, 3.63) is 35.9 Å². The van der Waals surface area contributed by atoms with Crippen LogP contribution in [0.25, 0.3) is 0 Å². The number of carbonyl (C=O) groups excluding carboxylic acids is 1. The lowest BCUT2D eigenvalue weighted by Gasteiger charge is -2.30. The molecule has 15 heavy (non-hydrogen) atoms. The van der Waals surface area contributed by atoms with Gasteiger partial charge in [0.2, 0.25) is 0 Å². The predicted octanol–water partition coefficient (Wildman–Crippen LogP) is 2.48. The average Bonchev–Trinajstić information content (AvgIpc) is 2.16. The SMILES string of the molecule is CC(C)(C)C(=O)C(C)(N)c1ccccc1. The first kappa shape index (κ1) is 11.9. The van der Waals surface area contributed by atoms with Gasteiger partial charge in [0.05, 0.1) is 5.54 Å². The van der Waals surface area contributed by atoms with E-state index in [1.54, 1.807) is 6.92 Å². The summed E-state index contributed by atoms with van der Waals surface area (Å²) >= 11 is 0. The largest absolute Gasteiger partial charge is 0.315 e. The summed E-state index contributed by atoms with van der Waals surface area (Å²) < 4.78 is 0. The van der Waals surface area contributed by atoms with E-state index >= 15 is 0 Å². The number of hydrogen-bond donors (Lipinski definition) is 1. The Morgan fingerprint density at radius 2 is 1.53 bits per heavy atom. The van der Waals surface area contributed by atoms with Crippen LogP contribution in [0.3, 0.4) is 0 Å². The molecular weight excluding hydrogens is 186 g/mol. The van der Waals surface area contributed by atoms with Gasteiger partial charge in [-0.1, -0.05) is 51.1 Å². The lowest BCUT2D eigenvalue weighted by Crippen LogP contribution is -2.47. The average molecular weight is 205 g/mol. The van der Waals surface area contributed by atoms with E-state index in [0.717, 1.165) is 5.56 Å². The quantitative estimate of drug-likeness (QED) is 0.806. The van der Waals surface area contributed by atoms with Crippen LogP contribution in [-0.2, 0) is 10.3 Å². The predicted molar refractivity (Wildman–Crippen MR) is 62.4 cm³/mol. The molecule has 0 bridgehead atoms. The molecule has 0 aromatic heterocycles. The van der Waals surface area contributed by atoms with Gasteiger partial charge in [0.15, 0.2) is 5.78 Å². The van der Waals surface area contributed by atoms with Gasteiger partial charge in [0.25, 0.3) is 0 Å². The van der Waals surface area contributed by atoms with Gasteiger partial charge in [0.1, 0.15) is 0 Å². The number of carbonyl (C=O) groups is 1. The number of nitrogens with two attached hydrogens (primary N) is 1. The molecule has 1 unspecified atom stereocenters. The van der Waals surface area contributed by atoms with Crippen molar-refractivity contribution in [1.82, 2.24) is 0 Å². The summed E-state index contributed by atoms with van der Waals surface area (Å²) in [5.41, 5.74) is 5.66. The van der Waals surface area contributed by atoms with Crippen LogP contribution in [0.2, 0.25) is 0 Å². The smallest absolute Gasteiger partial charge is 0.162 e. The summed E-state index contributed by atoms with van der Waals surface area (Å²) in [7, 11) is 0. The summed E-state index contributed by atoms with van der Waals surface area (Å²) in [4.78, 5) is 12.2. The van der Waals surface area contributed by atoms with Gasteiger partial charge in [-0.05, 0) is 12.5 Å². The van der Waals surface area contributed by atoms with Crippen molar-refractivity contribution in [3.63, 3.8) is 0 Å².